The molecule has 1 aromatic rings. The summed E-state index contributed by atoms with van der Waals surface area (Å²) in [6.45, 7) is 1.74. The van der Waals surface area contributed by atoms with Crippen LogP contribution in [0.25, 0.3) is 0 Å². The number of sulfonamides is 1. The van der Waals surface area contributed by atoms with Crippen LogP contribution in [-0.2, 0) is 14.8 Å². The summed E-state index contributed by atoms with van der Waals surface area (Å²) in [5.74, 6) is -0.512. The number of rotatable bonds is 4. The van der Waals surface area contributed by atoms with Gasteiger partial charge in [0.2, 0.25) is 15.9 Å². The van der Waals surface area contributed by atoms with E-state index in [2.05, 4.69) is 5.32 Å². The highest BCUT2D eigenvalue weighted by molar-refractivity contribution is 7.89. The maximum Gasteiger partial charge on any atom is 0.243 e. The zero-order chi connectivity index (χ0) is 16.2. The number of hydrogen-bond donors (Lipinski definition) is 1. The van der Waals surface area contributed by atoms with E-state index in [1.165, 1.54) is 16.4 Å². The van der Waals surface area contributed by atoms with Crippen molar-refractivity contribution in [1.82, 2.24) is 14.5 Å². The summed E-state index contributed by atoms with van der Waals surface area (Å²) in [5, 5.41) is 2.80. The Morgan fingerprint density at radius 1 is 1.18 bits per heavy atom. The number of halogens is 1. The molecule has 1 aliphatic heterocycles. The van der Waals surface area contributed by atoms with E-state index in [1.807, 2.05) is 0 Å². The first-order valence-electron chi connectivity index (χ1n) is 7.13. The average Bonchev–Trinajstić information content (AvgIpc) is 2.74. The van der Waals surface area contributed by atoms with Crippen LogP contribution in [0.2, 0.25) is 0 Å². The first-order chi connectivity index (χ1) is 10.4. The van der Waals surface area contributed by atoms with E-state index >= 15 is 0 Å². The zero-order valence-corrected chi connectivity index (χ0v) is 13.3. The Bertz CT molecular complexity index is 619. The molecule has 0 aromatic heterocycles. The number of amides is 1. The van der Waals surface area contributed by atoms with Crippen LogP contribution in [0.3, 0.4) is 0 Å². The van der Waals surface area contributed by atoms with Crippen LogP contribution < -0.4 is 5.32 Å². The monoisotopic (exact) mass is 329 g/mol. The van der Waals surface area contributed by atoms with E-state index in [4.69, 9.17) is 0 Å². The van der Waals surface area contributed by atoms with Gasteiger partial charge in [0.1, 0.15) is 5.82 Å². The summed E-state index contributed by atoms with van der Waals surface area (Å²) in [5.41, 5.74) is 0. The van der Waals surface area contributed by atoms with Gasteiger partial charge in [-0.05, 0) is 37.7 Å². The molecule has 6 nitrogen and oxygen atoms in total. The van der Waals surface area contributed by atoms with Crippen molar-refractivity contribution in [2.45, 2.75) is 11.3 Å². The second-order valence-electron chi connectivity index (χ2n) is 5.12. The second-order valence-corrected chi connectivity index (χ2v) is 7.06. The number of carbonyl (C=O) groups is 1. The van der Waals surface area contributed by atoms with Crippen molar-refractivity contribution in [2.75, 3.05) is 39.8 Å². The fourth-order valence-corrected chi connectivity index (χ4v) is 3.87. The highest BCUT2D eigenvalue weighted by Gasteiger charge is 2.27. The minimum absolute atomic E-state index is 0.0384. The molecule has 122 valence electrons. The minimum Gasteiger partial charge on any atom is -0.340 e. The third-order valence-electron chi connectivity index (χ3n) is 3.59. The molecular formula is C14H20FN3O3S. The molecule has 1 heterocycles. The molecule has 0 atom stereocenters. The third kappa shape index (κ3) is 3.82. The zero-order valence-electron chi connectivity index (χ0n) is 12.5. The normalized spacial score (nSPS) is 17.3. The molecule has 22 heavy (non-hydrogen) atoms. The van der Waals surface area contributed by atoms with Crippen molar-refractivity contribution < 1.29 is 17.6 Å². The summed E-state index contributed by atoms with van der Waals surface area (Å²) in [4.78, 5) is 13.6. The Kier molecular flexibility index (Phi) is 5.49. The maximum atomic E-state index is 12.9. The molecule has 1 aromatic carbocycles. The van der Waals surface area contributed by atoms with Crippen molar-refractivity contribution in [3.8, 4) is 0 Å². The summed E-state index contributed by atoms with van der Waals surface area (Å²) in [6, 6.07) is 4.79. The lowest BCUT2D eigenvalue weighted by Gasteiger charge is -2.22. The summed E-state index contributed by atoms with van der Waals surface area (Å²) in [7, 11) is -1.96. The average molecular weight is 329 g/mol. The van der Waals surface area contributed by atoms with Gasteiger partial charge < -0.3 is 10.2 Å². The van der Waals surface area contributed by atoms with Gasteiger partial charge in [-0.3, -0.25) is 4.79 Å². The van der Waals surface area contributed by atoms with Gasteiger partial charge >= 0.3 is 0 Å². The van der Waals surface area contributed by atoms with Gasteiger partial charge in [-0.1, -0.05) is 0 Å². The van der Waals surface area contributed by atoms with Gasteiger partial charge in [-0.2, -0.15) is 4.31 Å². The smallest absolute Gasteiger partial charge is 0.243 e. The predicted octanol–water partition coefficient (Wildman–Crippen LogP) is 0.268. The summed E-state index contributed by atoms with van der Waals surface area (Å²) < 4.78 is 39.4. The number of carbonyl (C=O) groups excluding carboxylic acids is 1. The van der Waals surface area contributed by atoms with Crippen LogP contribution in [0.5, 0.6) is 0 Å². The number of nitrogens with one attached hydrogen (secondary N) is 1. The Hall–Kier alpha value is -1.51. The molecule has 2 rings (SSSR count). The lowest BCUT2D eigenvalue weighted by molar-refractivity contribution is -0.129. The highest BCUT2D eigenvalue weighted by Crippen LogP contribution is 2.18. The molecule has 1 fully saturated rings. The van der Waals surface area contributed by atoms with Crippen LogP contribution in [0, 0.1) is 5.82 Å². The van der Waals surface area contributed by atoms with Crippen LogP contribution in [-0.4, -0.2) is 63.3 Å². The lowest BCUT2D eigenvalue weighted by Crippen LogP contribution is -2.40. The van der Waals surface area contributed by atoms with Gasteiger partial charge in [0.05, 0.1) is 11.4 Å². The Labute approximate surface area is 130 Å². The Balaban J connectivity index is 2.10. The van der Waals surface area contributed by atoms with Crippen LogP contribution in [0.1, 0.15) is 6.42 Å². The largest absolute Gasteiger partial charge is 0.340 e. The molecule has 8 heteroatoms. The number of hydrogen-bond acceptors (Lipinski definition) is 4. The van der Waals surface area contributed by atoms with Crippen molar-refractivity contribution in [3.05, 3.63) is 30.1 Å². The SMILES string of the molecule is CNCC(=O)N1CCCN(S(=O)(=O)c2ccc(F)cc2)CC1. The van der Waals surface area contributed by atoms with Gasteiger partial charge in [-0.15, -0.1) is 0 Å². The molecule has 0 bridgehead atoms. The summed E-state index contributed by atoms with van der Waals surface area (Å²) >= 11 is 0. The lowest BCUT2D eigenvalue weighted by atomic mass is 10.4. The third-order valence-corrected chi connectivity index (χ3v) is 5.50. The fourth-order valence-electron chi connectivity index (χ4n) is 2.40. The molecule has 1 aliphatic rings. The number of likely N-dealkylation sites (N-methyl/N-ethyl adjacent to an activating group) is 1. The molecule has 0 unspecified atom stereocenters. The molecule has 1 amide bonds. The van der Waals surface area contributed by atoms with E-state index in [1.54, 1.807) is 11.9 Å². The Morgan fingerprint density at radius 3 is 2.50 bits per heavy atom. The quantitative estimate of drug-likeness (QED) is 0.861. The van der Waals surface area contributed by atoms with E-state index < -0.39 is 15.8 Å². The van der Waals surface area contributed by atoms with Crippen LogP contribution >= 0.6 is 0 Å². The van der Waals surface area contributed by atoms with E-state index in [9.17, 15) is 17.6 Å². The molecule has 1 N–H and O–H groups in total. The van der Waals surface area contributed by atoms with E-state index in [0.29, 0.717) is 26.1 Å². The standard InChI is InChI=1S/C14H20FN3O3S/c1-16-11-14(19)17-7-2-8-18(10-9-17)22(20,21)13-5-3-12(15)4-6-13/h3-6,16H,2,7-11H2,1H3. The van der Waals surface area contributed by atoms with Crippen molar-refractivity contribution in [3.63, 3.8) is 0 Å². The molecule has 1 saturated heterocycles. The first kappa shape index (κ1) is 16.9. The van der Waals surface area contributed by atoms with Gasteiger partial charge in [0, 0.05) is 26.2 Å². The van der Waals surface area contributed by atoms with Gasteiger partial charge in [0.25, 0.3) is 0 Å². The van der Waals surface area contributed by atoms with Gasteiger partial charge in [-0.25, -0.2) is 12.8 Å². The van der Waals surface area contributed by atoms with E-state index in [-0.39, 0.29) is 23.9 Å². The van der Waals surface area contributed by atoms with Crippen LogP contribution in [0.4, 0.5) is 4.39 Å². The van der Waals surface area contributed by atoms with Gasteiger partial charge in [0.15, 0.2) is 0 Å². The molecule has 0 aliphatic carbocycles. The minimum atomic E-state index is -3.65. The molecule has 0 spiro atoms. The Morgan fingerprint density at radius 2 is 1.86 bits per heavy atom. The summed E-state index contributed by atoms with van der Waals surface area (Å²) in [6.07, 6.45) is 0.579. The maximum absolute atomic E-state index is 12.9. The first-order valence-corrected chi connectivity index (χ1v) is 8.57. The number of nitrogens with zero attached hydrogens (tertiary/aromatic N) is 2. The van der Waals surface area contributed by atoms with Crippen LogP contribution in [0.15, 0.2) is 29.2 Å². The van der Waals surface area contributed by atoms with Crippen molar-refractivity contribution >= 4 is 15.9 Å². The van der Waals surface area contributed by atoms with Crippen molar-refractivity contribution in [1.29, 1.82) is 0 Å². The second kappa shape index (κ2) is 7.17. The van der Waals surface area contributed by atoms with E-state index in [0.717, 1.165) is 12.1 Å². The fraction of sp³-hybridized carbons (Fsp3) is 0.500. The predicted molar refractivity (Wildman–Crippen MR) is 80.3 cm³/mol. The number of benzene rings is 1. The molecular weight excluding hydrogens is 309 g/mol. The molecule has 0 saturated carbocycles. The molecule has 0 radical (unpaired) electrons. The topological polar surface area (TPSA) is 69.7 Å². The van der Waals surface area contributed by atoms with Crippen molar-refractivity contribution in [2.24, 2.45) is 0 Å². The highest BCUT2D eigenvalue weighted by atomic mass is 32.2.